The molecule has 1 amide bonds. The van der Waals surface area contributed by atoms with E-state index < -0.39 is 17.7 Å². The third-order valence-electron chi connectivity index (χ3n) is 5.85. The van der Waals surface area contributed by atoms with Gasteiger partial charge in [0.05, 0.1) is 17.9 Å². The Hall–Kier alpha value is -3.93. The lowest BCUT2D eigenvalue weighted by atomic mass is 9.98. The Morgan fingerprint density at radius 1 is 1.03 bits per heavy atom. The Morgan fingerprint density at radius 2 is 1.74 bits per heavy atom. The van der Waals surface area contributed by atoms with Crippen LogP contribution >= 0.6 is 0 Å². The number of pyridine rings is 1. The average molecular weight is 457 g/mol. The Bertz CT molecular complexity index is 1200. The van der Waals surface area contributed by atoms with E-state index in [4.69, 9.17) is 4.74 Å². The first-order valence-electron chi connectivity index (χ1n) is 11.5. The number of benzene rings is 2. The van der Waals surface area contributed by atoms with Crippen molar-refractivity contribution in [2.24, 2.45) is 0 Å². The highest BCUT2D eigenvalue weighted by molar-refractivity contribution is 6.51. The number of ketones is 1. The average Bonchev–Trinajstić information content (AvgIpc) is 3.13. The fraction of sp³-hybridized carbons (Fsp3) is 0.250. The maximum Gasteiger partial charge on any atom is 0.300 e. The van der Waals surface area contributed by atoms with Gasteiger partial charge in [0, 0.05) is 17.4 Å². The molecule has 1 saturated heterocycles. The molecule has 1 atom stereocenters. The Balaban J connectivity index is 1.81. The standard InChI is InChI=1S/C28H28N2O4/c1-4-17-34-22-14-10-20(11-15-22)26(31)24-25(23-7-5-6-16-29-23)30(28(33)27(24)32)21-12-8-19(9-13-21)18(2)3/h5-16,18,25,31H,4,17H2,1-3H3/b26-24-. The highest BCUT2D eigenvalue weighted by Gasteiger charge is 2.47. The van der Waals surface area contributed by atoms with Gasteiger partial charge in [-0.05, 0) is 66.4 Å². The number of aliphatic hydroxyl groups is 1. The lowest BCUT2D eigenvalue weighted by Gasteiger charge is -2.25. The summed E-state index contributed by atoms with van der Waals surface area (Å²) in [6, 6.07) is 18.9. The predicted molar refractivity (Wildman–Crippen MR) is 132 cm³/mol. The Morgan fingerprint density at radius 3 is 2.32 bits per heavy atom. The molecule has 1 aromatic heterocycles. The van der Waals surface area contributed by atoms with Crippen molar-refractivity contribution in [1.82, 2.24) is 4.98 Å². The lowest BCUT2D eigenvalue weighted by molar-refractivity contribution is -0.132. The molecule has 0 spiro atoms. The third kappa shape index (κ3) is 4.44. The van der Waals surface area contributed by atoms with Crippen molar-refractivity contribution in [3.05, 3.63) is 95.3 Å². The molecular formula is C28H28N2O4. The summed E-state index contributed by atoms with van der Waals surface area (Å²) in [7, 11) is 0. The molecule has 1 aliphatic rings. The van der Waals surface area contributed by atoms with Gasteiger partial charge in [-0.15, -0.1) is 0 Å². The zero-order chi connectivity index (χ0) is 24.2. The van der Waals surface area contributed by atoms with Crippen LogP contribution in [0.1, 0.15) is 56.0 Å². The van der Waals surface area contributed by atoms with Crippen LogP contribution in [0.25, 0.3) is 5.76 Å². The second-order valence-corrected chi connectivity index (χ2v) is 8.54. The molecule has 1 N–H and O–H groups in total. The van der Waals surface area contributed by atoms with Gasteiger partial charge in [-0.1, -0.05) is 39.0 Å². The molecule has 174 valence electrons. The monoisotopic (exact) mass is 456 g/mol. The normalized spacial score (nSPS) is 17.4. The third-order valence-corrected chi connectivity index (χ3v) is 5.85. The van der Waals surface area contributed by atoms with E-state index in [0.717, 1.165) is 12.0 Å². The van der Waals surface area contributed by atoms with E-state index in [9.17, 15) is 14.7 Å². The van der Waals surface area contributed by atoms with E-state index in [0.29, 0.717) is 35.2 Å². The van der Waals surface area contributed by atoms with E-state index in [-0.39, 0.29) is 11.3 Å². The first-order valence-corrected chi connectivity index (χ1v) is 11.5. The molecule has 3 aromatic rings. The molecule has 1 unspecified atom stereocenters. The number of Topliss-reactive ketones (excluding diaryl/α,β-unsaturated/α-hetero) is 1. The molecule has 2 heterocycles. The molecule has 0 saturated carbocycles. The molecule has 1 aliphatic heterocycles. The summed E-state index contributed by atoms with van der Waals surface area (Å²) in [5.41, 5.74) is 2.64. The molecule has 1 fully saturated rings. The molecule has 0 bridgehead atoms. The van der Waals surface area contributed by atoms with Gasteiger partial charge in [-0.3, -0.25) is 19.5 Å². The summed E-state index contributed by atoms with van der Waals surface area (Å²) in [6.45, 7) is 6.79. The number of carbonyl (C=O) groups excluding carboxylic acids is 2. The smallest absolute Gasteiger partial charge is 0.300 e. The minimum Gasteiger partial charge on any atom is -0.507 e. The quantitative estimate of drug-likeness (QED) is 0.284. The number of carbonyl (C=O) groups is 2. The Labute approximate surface area is 199 Å². The molecule has 2 aromatic carbocycles. The van der Waals surface area contributed by atoms with Crippen molar-refractivity contribution in [2.45, 2.75) is 39.2 Å². The summed E-state index contributed by atoms with van der Waals surface area (Å²) in [4.78, 5) is 32.2. The number of anilines is 1. The second kappa shape index (κ2) is 9.91. The molecule has 6 heteroatoms. The minimum atomic E-state index is -0.845. The summed E-state index contributed by atoms with van der Waals surface area (Å²) < 4.78 is 5.61. The van der Waals surface area contributed by atoms with Crippen LogP contribution < -0.4 is 9.64 Å². The highest BCUT2D eigenvalue weighted by Crippen LogP contribution is 2.41. The van der Waals surface area contributed by atoms with Gasteiger partial charge in [0.2, 0.25) is 0 Å². The largest absolute Gasteiger partial charge is 0.507 e. The van der Waals surface area contributed by atoms with Crippen molar-refractivity contribution >= 4 is 23.1 Å². The number of hydrogen-bond acceptors (Lipinski definition) is 5. The number of rotatable bonds is 7. The van der Waals surface area contributed by atoms with Gasteiger partial charge in [-0.2, -0.15) is 0 Å². The van der Waals surface area contributed by atoms with Crippen LogP contribution in [0, 0.1) is 0 Å². The van der Waals surface area contributed by atoms with Gasteiger partial charge in [-0.25, -0.2) is 0 Å². The number of amides is 1. The fourth-order valence-electron chi connectivity index (χ4n) is 4.02. The van der Waals surface area contributed by atoms with E-state index in [2.05, 4.69) is 18.8 Å². The number of aromatic nitrogens is 1. The van der Waals surface area contributed by atoms with E-state index in [1.807, 2.05) is 31.2 Å². The molecule has 0 radical (unpaired) electrons. The minimum absolute atomic E-state index is 0.0128. The zero-order valence-corrected chi connectivity index (χ0v) is 19.6. The van der Waals surface area contributed by atoms with Crippen LogP contribution in [0.4, 0.5) is 5.69 Å². The maximum atomic E-state index is 13.2. The number of aliphatic hydroxyl groups excluding tert-OH is 1. The molecule has 6 nitrogen and oxygen atoms in total. The zero-order valence-electron chi connectivity index (χ0n) is 19.6. The van der Waals surface area contributed by atoms with E-state index in [1.54, 1.807) is 48.7 Å². The Kier molecular flexibility index (Phi) is 6.77. The highest BCUT2D eigenvalue weighted by atomic mass is 16.5. The van der Waals surface area contributed by atoms with E-state index >= 15 is 0 Å². The second-order valence-electron chi connectivity index (χ2n) is 8.54. The number of hydrogen-bond donors (Lipinski definition) is 1. The topological polar surface area (TPSA) is 79.7 Å². The number of ether oxygens (including phenoxy) is 1. The van der Waals surface area contributed by atoms with Crippen molar-refractivity contribution < 1.29 is 19.4 Å². The summed E-state index contributed by atoms with van der Waals surface area (Å²) in [5, 5.41) is 11.2. The van der Waals surface area contributed by atoms with Gasteiger partial charge >= 0.3 is 0 Å². The fourth-order valence-corrected chi connectivity index (χ4v) is 4.02. The first kappa shape index (κ1) is 23.2. The molecule has 34 heavy (non-hydrogen) atoms. The van der Waals surface area contributed by atoms with Crippen LogP contribution in [0.15, 0.2) is 78.5 Å². The van der Waals surface area contributed by atoms with Crippen molar-refractivity contribution in [3.8, 4) is 5.75 Å². The SMILES string of the molecule is CCCOc1ccc(/C(O)=C2/C(=O)C(=O)N(c3ccc(C(C)C)cc3)C2c2ccccn2)cc1. The van der Waals surface area contributed by atoms with Crippen molar-refractivity contribution in [2.75, 3.05) is 11.5 Å². The van der Waals surface area contributed by atoms with Crippen molar-refractivity contribution in [1.29, 1.82) is 0 Å². The maximum absolute atomic E-state index is 13.2. The van der Waals surface area contributed by atoms with Gasteiger partial charge in [0.25, 0.3) is 11.7 Å². The van der Waals surface area contributed by atoms with Gasteiger partial charge in [0.15, 0.2) is 0 Å². The predicted octanol–water partition coefficient (Wildman–Crippen LogP) is 5.62. The molecular weight excluding hydrogens is 428 g/mol. The van der Waals surface area contributed by atoms with Crippen LogP contribution in [-0.2, 0) is 9.59 Å². The van der Waals surface area contributed by atoms with E-state index in [1.165, 1.54) is 4.90 Å². The van der Waals surface area contributed by atoms with Crippen molar-refractivity contribution in [3.63, 3.8) is 0 Å². The molecule has 0 aliphatic carbocycles. The van der Waals surface area contributed by atoms with Crippen LogP contribution in [0.5, 0.6) is 5.75 Å². The van der Waals surface area contributed by atoms with Gasteiger partial charge < -0.3 is 9.84 Å². The van der Waals surface area contributed by atoms with Crippen LogP contribution in [0.3, 0.4) is 0 Å². The lowest BCUT2D eigenvalue weighted by Crippen LogP contribution is -2.29. The first-order chi connectivity index (χ1) is 16.4. The number of nitrogens with zero attached hydrogens (tertiary/aromatic N) is 2. The summed E-state index contributed by atoms with van der Waals surface area (Å²) >= 11 is 0. The summed E-state index contributed by atoms with van der Waals surface area (Å²) in [6.07, 6.45) is 2.49. The van der Waals surface area contributed by atoms with Crippen LogP contribution in [0.2, 0.25) is 0 Å². The van der Waals surface area contributed by atoms with Crippen LogP contribution in [-0.4, -0.2) is 28.4 Å². The molecule has 4 rings (SSSR count). The van der Waals surface area contributed by atoms with Gasteiger partial charge in [0.1, 0.15) is 17.6 Å². The summed E-state index contributed by atoms with van der Waals surface area (Å²) in [5.74, 6) is -0.673.